The van der Waals surface area contributed by atoms with Crippen molar-refractivity contribution in [3.63, 3.8) is 0 Å². The van der Waals surface area contributed by atoms with E-state index in [2.05, 4.69) is 0 Å². The van der Waals surface area contributed by atoms with Crippen molar-refractivity contribution in [3.05, 3.63) is 47.1 Å². The molecule has 0 rings (SSSR count). The van der Waals surface area contributed by atoms with Gasteiger partial charge in [0.25, 0.3) is 0 Å². The van der Waals surface area contributed by atoms with E-state index in [1.807, 2.05) is 13.0 Å². The van der Waals surface area contributed by atoms with Crippen molar-refractivity contribution >= 4 is 11.6 Å². The Morgan fingerprint density at radius 2 is 1.64 bits per heavy atom. The van der Waals surface area contributed by atoms with Crippen molar-refractivity contribution in [2.75, 3.05) is 0 Å². The van der Waals surface area contributed by atoms with E-state index in [-0.39, 0.29) is 48.7 Å². The summed E-state index contributed by atoms with van der Waals surface area (Å²) >= 11 is 5.49. The second-order valence-electron chi connectivity index (χ2n) is 1.25. The van der Waals surface area contributed by atoms with Crippen LogP contribution in [0.4, 0.5) is 0 Å². The average molecular weight is 356 g/mol. The van der Waals surface area contributed by atoms with Crippen molar-refractivity contribution in [2.45, 2.75) is 12.3 Å². The number of halogens is 1. The maximum absolute atomic E-state index is 5.49. The Morgan fingerprint density at radius 3 is 1.73 bits per heavy atom. The fraction of sp³-hybridized carbons (Fsp3) is 0.222. The zero-order chi connectivity index (χ0) is 5.70. The van der Waals surface area contributed by atoms with Crippen LogP contribution in [0, 0.1) is 28.9 Å². The van der Waals surface area contributed by atoms with Crippen LogP contribution in [-0.2, 0) is 21.1 Å². The molecule has 0 fully saturated rings. The zero-order valence-electron chi connectivity index (χ0n) is 7.58. The first-order chi connectivity index (χ1) is 3.27. The Balaban J connectivity index is -0.0000000300. The van der Waals surface area contributed by atoms with Gasteiger partial charge in [-0.3, -0.25) is 6.58 Å². The van der Waals surface area contributed by atoms with Gasteiger partial charge in [-0.05, 0) is 6.92 Å². The smallest absolute Gasteiger partial charge is 0.358 e. The van der Waals surface area contributed by atoms with Gasteiger partial charge in [0.1, 0.15) is 0 Å². The van der Waals surface area contributed by atoms with E-state index in [0.29, 0.717) is 0 Å². The normalized spacial score (nSPS) is 9.27. The van der Waals surface area contributed by atoms with Crippen LogP contribution in [0.2, 0.25) is 0 Å². The molecule has 1 atom stereocenters. The zero-order valence-corrected chi connectivity index (χ0v) is 10.6. The summed E-state index contributed by atoms with van der Waals surface area (Å²) in [5.74, 6) is 0. The first-order valence-corrected chi connectivity index (χ1v) is 2.57. The van der Waals surface area contributed by atoms with Gasteiger partial charge < -0.3 is 22.3 Å². The molecule has 0 aliphatic carbocycles. The molecule has 0 nitrogen and oxygen atoms in total. The molecular formula is C9H17ClPt. The third kappa shape index (κ3) is 37.6. The molecule has 0 saturated heterocycles. The second-order valence-corrected chi connectivity index (χ2v) is 1.94. The minimum Gasteiger partial charge on any atom is -0.358 e. The summed E-state index contributed by atoms with van der Waals surface area (Å²) in [6.45, 7) is 6.88. The molecule has 0 aromatic rings. The quantitative estimate of drug-likeness (QED) is 0.404. The van der Waals surface area contributed by atoms with Crippen LogP contribution < -0.4 is 0 Å². The molecule has 2 heteroatoms. The Bertz CT molecular complexity index is 77.6. The standard InChI is InChI=1S/C6H8Cl.3CH3.Pt/c1-3-4-5-6(2)7;;;;/h1,3-6H,2H3;3*1H3;/q4*-1;+4. The molecular weight excluding hydrogens is 339 g/mol. The molecule has 1 unspecified atom stereocenters. The monoisotopic (exact) mass is 355 g/mol. The second kappa shape index (κ2) is 22.4. The summed E-state index contributed by atoms with van der Waals surface area (Å²) in [6.07, 6.45) is 4.98. The largest absolute Gasteiger partial charge is 4.00 e. The topological polar surface area (TPSA) is 0 Å². The van der Waals surface area contributed by atoms with E-state index in [1.165, 1.54) is 6.08 Å². The maximum atomic E-state index is 5.49. The molecule has 0 spiro atoms. The van der Waals surface area contributed by atoms with E-state index >= 15 is 0 Å². The summed E-state index contributed by atoms with van der Waals surface area (Å²) in [5, 5.41) is 0.0831. The van der Waals surface area contributed by atoms with E-state index in [4.69, 9.17) is 18.2 Å². The number of allylic oxidation sites excluding steroid dienone is 3. The van der Waals surface area contributed by atoms with Crippen LogP contribution in [-0.4, -0.2) is 5.38 Å². The number of hydrogen-bond donors (Lipinski definition) is 0. The predicted octanol–water partition coefficient (Wildman–Crippen LogP) is 3.51. The molecule has 0 aromatic carbocycles. The third-order valence-corrected chi connectivity index (χ3v) is 0.633. The Morgan fingerprint density at radius 1 is 1.27 bits per heavy atom. The van der Waals surface area contributed by atoms with Crippen LogP contribution >= 0.6 is 11.6 Å². The van der Waals surface area contributed by atoms with E-state index < -0.39 is 0 Å². The fourth-order valence-electron chi connectivity index (χ4n) is 0.217. The third-order valence-electron chi connectivity index (χ3n) is 0.487. The Hall–Kier alpha value is 0.458. The van der Waals surface area contributed by atoms with Crippen molar-refractivity contribution in [3.8, 4) is 0 Å². The van der Waals surface area contributed by atoms with Crippen LogP contribution in [0.5, 0.6) is 0 Å². The first-order valence-electron chi connectivity index (χ1n) is 2.13. The molecule has 11 heavy (non-hydrogen) atoms. The SMILES string of the molecule is [CH-]=CC=CC(C)Cl.[CH3-].[CH3-].[CH3-].[Pt+4]. The minimum atomic E-state index is 0. The molecule has 0 heterocycles. The molecule has 0 aromatic heterocycles. The molecule has 0 N–H and O–H groups in total. The minimum absolute atomic E-state index is 0. The fourth-order valence-corrected chi connectivity index (χ4v) is 0.301. The molecule has 70 valence electrons. The van der Waals surface area contributed by atoms with Gasteiger partial charge in [0.2, 0.25) is 0 Å². The summed E-state index contributed by atoms with van der Waals surface area (Å²) in [5.41, 5.74) is 0. The number of rotatable bonds is 2. The molecule has 0 radical (unpaired) electrons. The number of alkyl halides is 1. The summed E-state index contributed by atoms with van der Waals surface area (Å²) in [7, 11) is 0. The first kappa shape index (κ1) is 30.0. The maximum Gasteiger partial charge on any atom is 4.00 e. The predicted molar refractivity (Wildman–Crippen MR) is 52.6 cm³/mol. The molecule has 0 aliphatic heterocycles. The van der Waals surface area contributed by atoms with Crippen molar-refractivity contribution in [1.82, 2.24) is 0 Å². The summed E-state index contributed by atoms with van der Waals surface area (Å²) in [6, 6.07) is 0. The van der Waals surface area contributed by atoms with Crippen molar-refractivity contribution < 1.29 is 21.1 Å². The van der Waals surface area contributed by atoms with Crippen LogP contribution in [0.25, 0.3) is 0 Å². The van der Waals surface area contributed by atoms with Gasteiger partial charge >= 0.3 is 21.1 Å². The van der Waals surface area contributed by atoms with E-state index in [0.717, 1.165) is 0 Å². The molecule has 0 bridgehead atoms. The van der Waals surface area contributed by atoms with Gasteiger partial charge in [0.05, 0.1) is 0 Å². The average Bonchev–Trinajstić information content (AvgIpc) is 1.61. The van der Waals surface area contributed by atoms with Crippen molar-refractivity contribution in [1.29, 1.82) is 0 Å². The van der Waals surface area contributed by atoms with Gasteiger partial charge in [-0.15, -0.1) is 17.7 Å². The van der Waals surface area contributed by atoms with Gasteiger partial charge in [-0.2, -0.15) is 0 Å². The van der Waals surface area contributed by atoms with Gasteiger partial charge in [-0.25, -0.2) is 12.2 Å². The number of hydrogen-bond acceptors (Lipinski definition) is 0. The van der Waals surface area contributed by atoms with Gasteiger partial charge in [0.15, 0.2) is 0 Å². The van der Waals surface area contributed by atoms with Gasteiger partial charge in [-0.1, -0.05) is 0 Å². The van der Waals surface area contributed by atoms with E-state index in [1.54, 1.807) is 6.08 Å². The Kier molecular flexibility index (Phi) is 61.3. The summed E-state index contributed by atoms with van der Waals surface area (Å²) in [4.78, 5) is 0. The molecule has 0 aliphatic rings. The van der Waals surface area contributed by atoms with Gasteiger partial charge in [0, 0.05) is 5.38 Å². The Labute approximate surface area is 92.0 Å². The van der Waals surface area contributed by atoms with Crippen LogP contribution in [0.3, 0.4) is 0 Å². The molecule has 0 saturated carbocycles. The molecule has 0 amide bonds. The van der Waals surface area contributed by atoms with Crippen LogP contribution in [0.1, 0.15) is 6.92 Å². The van der Waals surface area contributed by atoms with Crippen LogP contribution in [0.15, 0.2) is 18.2 Å². The van der Waals surface area contributed by atoms with Crippen molar-refractivity contribution in [2.24, 2.45) is 0 Å². The van der Waals surface area contributed by atoms with E-state index in [9.17, 15) is 0 Å². The summed E-state index contributed by atoms with van der Waals surface area (Å²) < 4.78 is 0.